The normalized spacial score (nSPS) is 10.6. The Morgan fingerprint density at radius 1 is 1.11 bits per heavy atom. The summed E-state index contributed by atoms with van der Waals surface area (Å²) in [7, 11) is 0. The molecule has 0 spiro atoms. The Labute approximate surface area is 167 Å². The van der Waals surface area contributed by atoms with Crippen LogP contribution in [0.3, 0.4) is 0 Å². The number of thioether (sulfide) groups is 1. The van der Waals surface area contributed by atoms with Gasteiger partial charge in [0.05, 0.1) is 18.1 Å². The van der Waals surface area contributed by atoms with Gasteiger partial charge < -0.3 is 15.0 Å². The van der Waals surface area contributed by atoms with E-state index in [0.29, 0.717) is 28.6 Å². The number of benzene rings is 2. The van der Waals surface area contributed by atoms with E-state index in [4.69, 9.17) is 0 Å². The number of amides is 1. The van der Waals surface area contributed by atoms with Crippen molar-refractivity contribution in [3.63, 3.8) is 0 Å². The molecular weight excluding hydrogens is 374 g/mol. The van der Waals surface area contributed by atoms with Gasteiger partial charge >= 0.3 is 0 Å². The minimum atomic E-state index is -0.166. The lowest BCUT2D eigenvalue weighted by Crippen LogP contribution is -2.14. The first kappa shape index (κ1) is 19.9. The molecule has 0 saturated carbocycles. The highest BCUT2D eigenvalue weighted by Gasteiger charge is 2.12. The van der Waals surface area contributed by atoms with Gasteiger partial charge in [0.1, 0.15) is 0 Å². The van der Waals surface area contributed by atoms with Crippen LogP contribution < -0.4 is 5.32 Å². The van der Waals surface area contributed by atoms with Crippen LogP contribution >= 0.6 is 11.8 Å². The zero-order valence-corrected chi connectivity index (χ0v) is 16.3. The summed E-state index contributed by atoms with van der Waals surface area (Å²) in [6.45, 7) is 1.97. The molecule has 0 unspecified atom stereocenters. The van der Waals surface area contributed by atoms with Gasteiger partial charge in [0, 0.05) is 24.0 Å². The second-order valence-electron chi connectivity index (χ2n) is 6.26. The van der Waals surface area contributed by atoms with E-state index in [1.807, 2.05) is 34.9 Å². The van der Waals surface area contributed by atoms with Crippen molar-refractivity contribution in [1.29, 1.82) is 0 Å². The summed E-state index contributed by atoms with van der Waals surface area (Å²) in [5, 5.41) is 12.9. The Morgan fingerprint density at radius 2 is 1.82 bits per heavy atom. The van der Waals surface area contributed by atoms with Crippen molar-refractivity contribution < 1.29 is 14.7 Å². The van der Waals surface area contributed by atoms with E-state index < -0.39 is 0 Å². The number of carbonyl (C=O) groups excluding carboxylic acids is 2. The van der Waals surface area contributed by atoms with Crippen LogP contribution in [0.1, 0.15) is 28.5 Å². The maximum absolute atomic E-state index is 12.3. The number of hydrogen-bond acceptors (Lipinski definition) is 5. The molecule has 0 fully saturated rings. The van der Waals surface area contributed by atoms with Crippen LogP contribution in [-0.4, -0.2) is 32.1 Å². The van der Waals surface area contributed by atoms with Gasteiger partial charge in [-0.2, -0.15) is 0 Å². The first-order valence-electron chi connectivity index (χ1n) is 8.79. The van der Waals surface area contributed by atoms with E-state index >= 15 is 0 Å². The van der Waals surface area contributed by atoms with Crippen molar-refractivity contribution in [3.8, 4) is 0 Å². The molecule has 0 atom stereocenters. The van der Waals surface area contributed by atoms with Crippen molar-refractivity contribution >= 4 is 29.1 Å². The number of Topliss-reactive ketones (excluding diaryl/α,β-unsaturated/α-hetero) is 1. The number of imidazole rings is 1. The molecule has 0 aliphatic rings. The summed E-state index contributed by atoms with van der Waals surface area (Å²) in [6, 6.07) is 16.7. The number of carbonyl (C=O) groups is 2. The van der Waals surface area contributed by atoms with E-state index in [0.717, 1.165) is 5.56 Å². The smallest absolute Gasteiger partial charge is 0.234 e. The molecule has 3 rings (SSSR count). The summed E-state index contributed by atoms with van der Waals surface area (Å²) in [4.78, 5) is 28.0. The van der Waals surface area contributed by atoms with Gasteiger partial charge in [-0.3, -0.25) is 9.59 Å². The number of hydrogen-bond donors (Lipinski definition) is 2. The highest BCUT2D eigenvalue weighted by molar-refractivity contribution is 7.99. The first-order chi connectivity index (χ1) is 13.5. The van der Waals surface area contributed by atoms with Crippen LogP contribution in [0.25, 0.3) is 0 Å². The summed E-state index contributed by atoms with van der Waals surface area (Å²) in [5.41, 5.74) is 2.92. The maximum atomic E-state index is 12.3. The largest absolute Gasteiger partial charge is 0.390 e. The molecule has 144 valence electrons. The monoisotopic (exact) mass is 395 g/mol. The Bertz CT molecular complexity index is 953. The average molecular weight is 395 g/mol. The molecule has 28 heavy (non-hydrogen) atoms. The van der Waals surface area contributed by atoms with Gasteiger partial charge in [-0.25, -0.2) is 4.98 Å². The number of aliphatic hydroxyl groups is 1. The van der Waals surface area contributed by atoms with Gasteiger partial charge in [0.2, 0.25) is 5.91 Å². The Morgan fingerprint density at radius 3 is 2.46 bits per heavy atom. The van der Waals surface area contributed by atoms with Gasteiger partial charge in [-0.1, -0.05) is 42.1 Å². The number of nitrogens with one attached hydrogen (secondary N) is 1. The molecule has 1 amide bonds. The van der Waals surface area contributed by atoms with Gasteiger partial charge in [-0.15, -0.1) is 0 Å². The zero-order chi connectivity index (χ0) is 19.9. The fraction of sp³-hybridized carbons (Fsp3) is 0.190. The quantitative estimate of drug-likeness (QED) is 0.451. The van der Waals surface area contributed by atoms with Gasteiger partial charge in [0.15, 0.2) is 10.9 Å². The molecule has 2 N–H and O–H groups in total. The number of nitrogens with zero attached hydrogens (tertiary/aromatic N) is 2. The van der Waals surface area contributed by atoms with Crippen molar-refractivity contribution in [3.05, 3.63) is 77.6 Å². The highest BCUT2D eigenvalue weighted by atomic mass is 32.2. The molecule has 7 heteroatoms. The standard InChI is InChI=1S/C21H21N3O3S/c1-15(26)17-7-9-18(10-8-17)22-20(27)14-28-21-23-19(13-25)12-24(21)11-16-5-3-2-4-6-16/h2-10,12,25H,11,13-14H2,1H3,(H,22,27). The molecule has 3 aromatic rings. The van der Waals surface area contributed by atoms with Crippen LogP contribution in [0.2, 0.25) is 0 Å². The third-order valence-electron chi connectivity index (χ3n) is 4.06. The second kappa shape index (κ2) is 9.34. The summed E-state index contributed by atoms with van der Waals surface area (Å²) < 4.78 is 1.93. The number of ketones is 1. The van der Waals surface area contributed by atoms with E-state index in [9.17, 15) is 14.7 Å². The lowest BCUT2D eigenvalue weighted by atomic mass is 10.1. The first-order valence-corrected chi connectivity index (χ1v) is 9.78. The SMILES string of the molecule is CC(=O)c1ccc(NC(=O)CSc2nc(CO)cn2Cc2ccccc2)cc1. The summed E-state index contributed by atoms with van der Waals surface area (Å²) in [5.74, 6) is 0.00394. The van der Waals surface area contributed by atoms with Crippen LogP contribution in [0.15, 0.2) is 66.0 Å². The summed E-state index contributed by atoms with van der Waals surface area (Å²) >= 11 is 1.31. The van der Waals surface area contributed by atoms with E-state index in [2.05, 4.69) is 10.3 Å². The maximum Gasteiger partial charge on any atom is 0.234 e. The fourth-order valence-electron chi connectivity index (χ4n) is 2.65. The lowest BCUT2D eigenvalue weighted by molar-refractivity contribution is -0.113. The lowest BCUT2D eigenvalue weighted by Gasteiger charge is -2.08. The number of aliphatic hydroxyl groups excluding tert-OH is 1. The van der Waals surface area contributed by atoms with E-state index in [1.165, 1.54) is 18.7 Å². The number of rotatable bonds is 8. The molecule has 1 aromatic heterocycles. The molecule has 0 radical (unpaired) electrons. The van der Waals surface area contributed by atoms with Crippen molar-refractivity contribution in [1.82, 2.24) is 9.55 Å². The summed E-state index contributed by atoms with van der Waals surface area (Å²) in [6.07, 6.45) is 1.80. The van der Waals surface area contributed by atoms with Gasteiger partial charge in [0.25, 0.3) is 0 Å². The second-order valence-corrected chi connectivity index (χ2v) is 7.20. The molecule has 2 aromatic carbocycles. The van der Waals surface area contributed by atoms with Crippen molar-refractivity contribution in [2.45, 2.75) is 25.2 Å². The molecule has 1 heterocycles. The fourth-order valence-corrected chi connectivity index (χ4v) is 3.45. The Hall–Kier alpha value is -2.90. The minimum absolute atomic E-state index is 0.0154. The third kappa shape index (κ3) is 5.31. The Kier molecular flexibility index (Phi) is 6.62. The average Bonchev–Trinajstić information content (AvgIpc) is 3.09. The molecule has 0 aliphatic heterocycles. The molecule has 0 bridgehead atoms. The van der Waals surface area contributed by atoms with E-state index in [-0.39, 0.29) is 24.1 Å². The molecule has 0 aliphatic carbocycles. The highest BCUT2D eigenvalue weighted by Crippen LogP contribution is 2.20. The van der Waals surface area contributed by atoms with Crippen LogP contribution in [0.5, 0.6) is 0 Å². The molecule has 6 nitrogen and oxygen atoms in total. The number of anilines is 1. The minimum Gasteiger partial charge on any atom is -0.390 e. The molecule has 0 saturated heterocycles. The zero-order valence-electron chi connectivity index (χ0n) is 15.5. The van der Waals surface area contributed by atoms with Gasteiger partial charge in [-0.05, 0) is 36.8 Å². The predicted molar refractivity (Wildman–Crippen MR) is 109 cm³/mol. The molecular formula is C21H21N3O3S. The third-order valence-corrected chi connectivity index (χ3v) is 5.05. The Balaban J connectivity index is 1.62. The van der Waals surface area contributed by atoms with Crippen LogP contribution in [0, 0.1) is 0 Å². The van der Waals surface area contributed by atoms with E-state index in [1.54, 1.807) is 30.5 Å². The van der Waals surface area contributed by atoms with Crippen molar-refractivity contribution in [2.75, 3.05) is 11.1 Å². The van der Waals surface area contributed by atoms with Crippen LogP contribution in [0.4, 0.5) is 5.69 Å². The van der Waals surface area contributed by atoms with Crippen LogP contribution in [-0.2, 0) is 17.9 Å². The van der Waals surface area contributed by atoms with Crippen molar-refractivity contribution in [2.24, 2.45) is 0 Å². The topological polar surface area (TPSA) is 84.2 Å². The number of aromatic nitrogens is 2. The predicted octanol–water partition coefficient (Wildman–Crippen LogP) is 3.36.